The van der Waals surface area contributed by atoms with Gasteiger partial charge in [0.05, 0.1) is 22.6 Å². The molecular formula is C15H23N3OS. The van der Waals surface area contributed by atoms with Gasteiger partial charge in [-0.25, -0.2) is 0 Å². The first kappa shape index (κ1) is 16.6. The fourth-order valence-corrected chi connectivity index (χ4v) is 2.70. The Hall–Kier alpha value is -1.49. The lowest BCUT2D eigenvalue weighted by atomic mass is 9.80. The number of nitrogens with zero attached hydrogens (tertiary/aromatic N) is 2. The topological polar surface area (TPSA) is 59.2 Å². The van der Waals surface area contributed by atoms with Crippen LogP contribution in [0.2, 0.25) is 0 Å². The summed E-state index contributed by atoms with van der Waals surface area (Å²) >= 11 is 5.15. The number of carbonyl (C=O) groups is 1. The Kier molecular flexibility index (Phi) is 6.07. The maximum absolute atomic E-state index is 12.8. The Morgan fingerprint density at radius 3 is 2.40 bits per heavy atom. The van der Waals surface area contributed by atoms with Crippen LogP contribution in [0.5, 0.6) is 0 Å². The fourth-order valence-electron chi connectivity index (χ4n) is 2.32. The first-order chi connectivity index (χ1) is 9.51. The van der Waals surface area contributed by atoms with E-state index in [0.29, 0.717) is 25.9 Å². The zero-order chi connectivity index (χ0) is 15.2. The third-order valence-electron chi connectivity index (χ3n) is 3.84. The van der Waals surface area contributed by atoms with Crippen LogP contribution in [0.1, 0.15) is 39.3 Å². The van der Waals surface area contributed by atoms with Gasteiger partial charge in [-0.15, -0.1) is 0 Å². The van der Waals surface area contributed by atoms with Crippen LogP contribution in [0, 0.1) is 5.41 Å². The van der Waals surface area contributed by atoms with Gasteiger partial charge in [-0.3, -0.25) is 9.78 Å². The van der Waals surface area contributed by atoms with E-state index < -0.39 is 5.41 Å². The SMILES string of the molecule is CCN(Cc1ccccn1)C(=O)C(CC)(CC)C(N)=S. The monoisotopic (exact) mass is 293 g/mol. The highest BCUT2D eigenvalue weighted by Gasteiger charge is 2.40. The van der Waals surface area contributed by atoms with Gasteiger partial charge in [0.1, 0.15) is 0 Å². The van der Waals surface area contributed by atoms with Crippen LogP contribution in [0.15, 0.2) is 24.4 Å². The fraction of sp³-hybridized carbons (Fsp3) is 0.533. The summed E-state index contributed by atoms with van der Waals surface area (Å²) in [6.45, 7) is 6.96. The lowest BCUT2D eigenvalue weighted by molar-refractivity contribution is -0.139. The van der Waals surface area contributed by atoms with E-state index in [0.717, 1.165) is 5.69 Å². The largest absolute Gasteiger partial charge is 0.392 e. The molecule has 0 unspecified atom stereocenters. The number of rotatable bonds is 7. The molecule has 0 spiro atoms. The molecule has 0 aliphatic carbocycles. The number of hydrogen-bond donors (Lipinski definition) is 1. The van der Waals surface area contributed by atoms with Crippen molar-refractivity contribution < 1.29 is 4.79 Å². The molecule has 0 saturated carbocycles. The van der Waals surface area contributed by atoms with Crippen LogP contribution in [-0.2, 0) is 11.3 Å². The molecule has 20 heavy (non-hydrogen) atoms. The predicted molar refractivity (Wildman–Crippen MR) is 85.1 cm³/mol. The summed E-state index contributed by atoms with van der Waals surface area (Å²) in [7, 11) is 0. The van der Waals surface area contributed by atoms with Crippen molar-refractivity contribution in [1.29, 1.82) is 0 Å². The first-order valence-corrected chi connectivity index (χ1v) is 7.41. The smallest absolute Gasteiger partial charge is 0.235 e. The molecule has 4 nitrogen and oxygen atoms in total. The van der Waals surface area contributed by atoms with Gasteiger partial charge in [-0.1, -0.05) is 32.1 Å². The molecule has 1 heterocycles. The Labute approximate surface area is 126 Å². The van der Waals surface area contributed by atoms with Crippen molar-refractivity contribution in [2.24, 2.45) is 11.1 Å². The van der Waals surface area contributed by atoms with Crippen molar-refractivity contribution in [2.75, 3.05) is 6.54 Å². The maximum atomic E-state index is 12.8. The van der Waals surface area contributed by atoms with E-state index in [1.54, 1.807) is 11.1 Å². The normalized spacial score (nSPS) is 11.2. The summed E-state index contributed by atoms with van der Waals surface area (Å²) < 4.78 is 0. The van der Waals surface area contributed by atoms with Gasteiger partial charge in [-0.2, -0.15) is 0 Å². The zero-order valence-electron chi connectivity index (χ0n) is 12.4. The molecule has 110 valence electrons. The minimum absolute atomic E-state index is 0.00292. The predicted octanol–water partition coefficient (Wildman–Crippen LogP) is 2.52. The molecule has 0 aromatic carbocycles. The molecule has 0 fully saturated rings. The summed E-state index contributed by atoms with van der Waals surface area (Å²) in [6.07, 6.45) is 2.97. The van der Waals surface area contributed by atoms with Crippen LogP contribution in [0.4, 0.5) is 0 Å². The molecule has 1 aromatic rings. The molecule has 1 amide bonds. The highest BCUT2D eigenvalue weighted by Crippen LogP contribution is 2.30. The number of hydrogen-bond acceptors (Lipinski definition) is 3. The van der Waals surface area contributed by atoms with Gasteiger partial charge in [0.2, 0.25) is 5.91 Å². The summed E-state index contributed by atoms with van der Waals surface area (Å²) in [5.74, 6) is 0.00292. The lowest BCUT2D eigenvalue weighted by Gasteiger charge is -2.34. The molecule has 1 rings (SSSR count). The second-order valence-corrected chi connectivity index (χ2v) is 5.23. The van der Waals surface area contributed by atoms with Gasteiger partial charge in [0, 0.05) is 12.7 Å². The summed E-state index contributed by atoms with van der Waals surface area (Å²) in [5, 5.41) is 0. The average molecular weight is 293 g/mol. The molecule has 2 N–H and O–H groups in total. The molecule has 5 heteroatoms. The molecule has 0 aliphatic rings. The van der Waals surface area contributed by atoms with Crippen molar-refractivity contribution in [2.45, 2.75) is 40.2 Å². The minimum Gasteiger partial charge on any atom is -0.392 e. The van der Waals surface area contributed by atoms with Gasteiger partial charge in [0.25, 0.3) is 0 Å². The maximum Gasteiger partial charge on any atom is 0.235 e. The number of thiocarbonyl (C=S) groups is 1. The van der Waals surface area contributed by atoms with Crippen LogP contribution >= 0.6 is 12.2 Å². The van der Waals surface area contributed by atoms with Crippen molar-refractivity contribution in [3.05, 3.63) is 30.1 Å². The summed E-state index contributed by atoms with van der Waals surface area (Å²) in [4.78, 5) is 19.2. The van der Waals surface area contributed by atoms with Crippen LogP contribution in [0.25, 0.3) is 0 Å². The molecule has 0 atom stereocenters. The van der Waals surface area contributed by atoms with E-state index in [1.807, 2.05) is 39.0 Å². The highest BCUT2D eigenvalue weighted by atomic mass is 32.1. The Balaban J connectivity index is 2.99. The van der Waals surface area contributed by atoms with Gasteiger partial charge in [0.15, 0.2) is 0 Å². The van der Waals surface area contributed by atoms with E-state index in [2.05, 4.69) is 4.98 Å². The molecule has 0 radical (unpaired) electrons. The van der Waals surface area contributed by atoms with Crippen LogP contribution < -0.4 is 5.73 Å². The number of amides is 1. The van der Waals surface area contributed by atoms with Crippen LogP contribution in [-0.4, -0.2) is 27.3 Å². The number of carbonyl (C=O) groups excluding carboxylic acids is 1. The third-order valence-corrected chi connectivity index (χ3v) is 4.23. The van der Waals surface area contributed by atoms with E-state index >= 15 is 0 Å². The lowest BCUT2D eigenvalue weighted by Crippen LogP contribution is -2.49. The molecule has 1 aromatic heterocycles. The van der Waals surface area contributed by atoms with E-state index in [4.69, 9.17) is 18.0 Å². The second kappa shape index (κ2) is 7.33. The van der Waals surface area contributed by atoms with E-state index in [-0.39, 0.29) is 10.9 Å². The average Bonchev–Trinajstić information content (AvgIpc) is 2.47. The Morgan fingerprint density at radius 2 is 2.00 bits per heavy atom. The number of nitrogens with two attached hydrogens (primary N) is 1. The Bertz CT molecular complexity index is 457. The van der Waals surface area contributed by atoms with E-state index in [9.17, 15) is 4.79 Å². The van der Waals surface area contributed by atoms with Crippen molar-refractivity contribution >= 4 is 23.1 Å². The van der Waals surface area contributed by atoms with Crippen molar-refractivity contribution in [1.82, 2.24) is 9.88 Å². The molecule has 0 bridgehead atoms. The molecule has 0 aliphatic heterocycles. The van der Waals surface area contributed by atoms with Crippen LogP contribution in [0.3, 0.4) is 0 Å². The molecule has 0 saturated heterocycles. The highest BCUT2D eigenvalue weighted by molar-refractivity contribution is 7.80. The standard InChI is InChI=1S/C15H23N3OS/c1-4-15(5-2,13(16)20)14(19)18(6-3)11-12-9-7-8-10-17-12/h7-10H,4-6,11H2,1-3H3,(H2,16,20). The van der Waals surface area contributed by atoms with E-state index in [1.165, 1.54) is 0 Å². The summed E-state index contributed by atoms with van der Waals surface area (Å²) in [5.41, 5.74) is 5.98. The summed E-state index contributed by atoms with van der Waals surface area (Å²) in [6, 6.07) is 5.69. The van der Waals surface area contributed by atoms with Gasteiger partial charge < -0.3 is 10.6 Å². The minimum atomic E-state index is -0.736. The van der Waals surface area contributed by atoms with Crippen molar-refractivity contribution in [3.8, 4) is 0 Å². The first-order valence-electron chi connectivity index (χ1n) is 7.01. The number of aromatic nitrogens is 1. The van der Waals surface area contributed by atoms with Gasteiger partial charge in [-0.05, 0) is 31.9 Å². The zero-order valence-corrected chi connectivity index (χ0v) is 13.2. The Morgan fingerprint density at radius 1 is 1.35 bits per heavy atom. The number of pyridine rings is 1. The molecular weight excluding hydrogens is 270 g/mol. The third kappa shape index (κ3) is 3.33. The van der Waals surface area contributed by atoms with Crippen molar-refractivity contribution in [3.63, 3.8) is 0 Å². The quantitative estimate of drug-likeness (QED) is 0.785. The van der Waals surface area contributed by atoms with Gasteiger partial charge >= 0.3 is 0 Å². The second-order valence-electron chi connectivity index (χ2n) is 4.79.